The molecule has 1 atom stereocenters. The lowest BCUT2D eigenvalue weighted by Gasteiger charge is -2.22. The van der Waals surface area contributed by atoms with E-state index >= 15 is 0 Å². The fraction of sp³-hybridized carbons (Fsp3) is 0.533. The predicted molar refractivity (Wildman–Crippen MR) is 84.5 cm³/mol. The number of carbonyl (C=O) groups is 1. The van der Waals surface area contributed by atoms with Crippen LogP contribution >= 0.6 is 12.4 Å². The summed E-state index contributed by atoms with van der Waals surface area (Å²) in [5, 5.41) is 2.72. The highest BCUT2D eigenvalue weighted by Crippen LogP contribution is 2.30. The highest BCUT2D eigenvalue weighted by Gasteiger charge is 2.18. The Morgan fingerprint density at radius 1 is 1.35 bits per heavy atom. The fourth-order valence-corrected chi connectivity index (χ4v) is 1.71. The van der Waals surface area contributed by atoms with E-state index in [0.717, 1.165) is 11.3 Å². The number of carbonyl (C=O) groups excluding carboxylic acids is 1. The van der Waals surface area contributed by atoms with Gasteiger partial charge in [-0.1, -0.05) is 39.0 Å². The molecule has 20 heavy (non-hydrogen) atoms. The van der Waals surface area contributed by atoms with Gasteiger partial charge in [-0.25, -0.2) is 0 Å². The minimum atomic E-state index is -0.484. The first-order chi connectivity index (χ1) is 8.82. The first-order valence-corrected chi connectivity index (χ1v) is 6.58. The molecular weight excluding hydrogens is 276 g/mol. The van der Waals surface area contributed by atoms with Crippen LogP contribution in [0.2, 0.25) is 0 Å². The van der Waals surface area contributed by atoms with Gasteiger partial charge in [0.05, 0.1) is 12.6 Å². The van der Waals surface area contributed by atoms with Crippen LogP contribution in [0.25, 0.3) is 0 Å². The molecule has 1 aromatic rings. The second-order valence-electron chi connectivity index (χ2n) is 5.67. The zero-order chi connectivity index (χ0) is 14.5. The van der Waals surface area contributed by atoms with Gasteiger partial charge in [0.2, 0.25) is 5.91 Å². The van der Waals surface area contributed by atoms with E-state index < -0.39 is 6.04 Å². The minimum absolute atomic E-state index is 0. The van der Waals surface area contributed by atoms with E-state index in [1.54, 1.807) is 6.92 Å². The largest absolute Gasteiger partial charge is 0.491 e. The third kappa shape index (κ3) is 5.80. The van der Waals surface area contributed by atoms with Crippen LogP contribution in [-0.4, -0.2) is 25.1 Å². The Hall–Kier alpha value is -1.26. The Bertz CT molecular complexity index is 428. The second kappa shape index (κ2) is 8.12. The first kappa shape index (κ1) is 18.7. The molecule has 0 bridgehead atoms. The van der Waals surface area contributed by atoms with Crippen LogP contribution < -0.4 is 15.8 Å². The molecule has 1 aromatic carbocycles. The SMILES string of the molecule is C[C@@H](N)C(=O)NCCOc1ccccc1C(C)(C)C.Cl. The molecule has 114 valence electrons. The van der Waals surface area contributed by atoms with Gasteiger partial charge in [0, 0.05) is 0 Å². The summed E-state index contributed by atoms with van der Waals surface area (Å²) in [6, 6.07) is 7.49. The molecule has 0 aliphatic heterocycles. The zero-order valence-electron chi connectivity index (χ0n) is 12.6. The van der Waals surface area contributed by atoms with Crippen molar-refractivity contribution < 1.29 is 9.53 Å². The van der Waals surface area contributed by atoms with Crippen molar-refractivity contribution >= 4 is 18.3 Å². The molecule has 0 heterocycles. The number of para-hydroxylation sites is 1. The van der Waals surface area contributed by atoms with E-state index in [2.05, 4.69) is 32.2 Å². The first-order valence-electron chi connectivity index (χ1n) is 6.58. The highest BCUT2D eigenvalue weighted by molar-refractivity contribution is 5.85. The number of halogens is 1. The monoisotopic (exact) mass is 300 g/mol. The topological polar surface area (TPSA) is 64.4 Å². The van der Waals surface area contributed by atoms with Gasteiger partial charge < -0.3 is 15.8 Å². The molecule has 0 spiro atoms. The third-order valence-corrected chi connectivity index (χ3v) is 2.77. The van der Waals surface area contributed by atoms with E-state index in [4.69, 9.17) is 10.5 Å². The summed E-state index contributed by atoms with van der Waals surface area (Å²) in [4.78, 5) is 11.3. The molecule has 0 unspecified atom stereocenters. The molecule has 4 nitrogen and oxygen atoms in total. The lowest BCUT2D eigenvalue weighted by atomic mass is 9.86. The third-order valence-electron chi connectivity index (χ3n) is 2.77. The van der Waals surface area contributed by atoms with Crippen molar-refractivity contribution in [1.29, 1.82) is 0 Å². The maximum absolute atomic E-state index is 11.3. The van der Waals surface area contributed by atoms with Gasteiger partial charge in [-0.15, -0.1) is 12.4 Å². The molecule has 0 saturated carbocycles. The Labute approximate surface area is 127 Å². The molecule has 0 aliphatic rings. The maximum atomic E-state index is 11.3. The van der Waals surface area contributed by atoms with Gasteiger partial charge in [0.15, 0.2) is 0 Å². The minimum Gasteiger partial charge on any atom is -0.491 e. The standard InChI is InChI=1S/C15H24N2O2.ClH/c1-11(16)14(18)17-9-10-19-13-8-6-5-7-12(13)15(2,3)4;/h5-8,11H,9-10,16H2,1-4H3,(H,17,18);1H/t11-;/m1./s1. The molecule has 1 amide bonds. The Balaban J connectivity index is 0.00000361. The van der Waals surface area contributed by atoms with Crippen molar-refractivity contribution in [3.63, 3.8) is 0 Å². The van der Waals surface area contributed by atoms with E-state index in [0.29, 0.717) is 13.2 Å². The summed E-state index contributed by atoms with van der Waals surface area (Å²) in [7, 11) is 0. The van der Waals surface area contributed by atoms with Gasteiger partial charge >= 0.3 is 0 Å². The van der Waals surface area contributed by atoms with Crippen molar-refractivity contribution in [2.75, 3.05) is 13.2 Å². The number of amides is 1. The van der Waals surface area contributed by atoms with Crippen LogP contribution in [0.4, 0.5) is 0 Å². The summed E-state index contributed by atoms with van der Waals surface area (Å²) in [6.45, 7) is 8.99. The fourth-order valence-electron chi connectivity index (χ4n) is 1.71. The van der Waals surface area contributed by atoms with Crippen molar-refractivity contribution in [1.82, 2.24) is 5.32 Å². The van der Waals surface area contributed by atoms with Gasteiger partial charge in [0.1, 0.15) is 12.4 Å². The van der Waals surface area contributed by atoms with Crippen LogP contribution in [0.5, 0.6) is 5.75 Å². The van der Waals surface area contributed by atoms with Crippen LogP contribution in [0.15, 0.2) is 24.3 Å². The number of benzene rings is 1. The molecular formula is C15H25ClN2O2. The van der Waals surface area contributed by atoms with Gasteiger partial charge in [-0.2, -0.15) is 0 Å². The number of nitrogens with one attached hydrogen (secondary N) is 1. The molecule has 0 fully saturated rings. The Kier molecular flexibility index (Phi) is 7.61. The van der Waals surface area contributed by atoms with Crippen molar-refractivity contribution in [2.45, 2.75) is 39.2 Å². The van der Waals surface area contributed by atoms with E-state index in [1.807, 2.05) is 18.2 Å². The van der Waals surface area contributed by atoms with E-state index in [1.165, 1.54) is 0 Å². The average Bonchev–Trinajstić information content (AvgIpc) is 2.33. The Morgan fingerprint density at radius 3 is 2.50 bits per heavy atom. The molecule has 0 saturated heterocycles. The predicted octanol–water partition coefficient (Wildman–Crippen LogP) is 2.25. The summed E-state index contributed by atoms with van der Waals surface area (Å²) in [6.07, 6.45) is 0. The molecule has 0 radical (unpaired) electrons. The number of nitrogens with two attached hydrogens (primary N) is 1. The normalized spacial score (nSPS) is 12.2. The molecule has 0 aromatic heterocycles. The molecule has 0 aliphatic carbocycles. The smallest absolute Gasteiger partial charge is 0.236 e. The molecule has 1 rings (SSSR count). The van der Waals surface area contributed by atoms with Crippen LogP contribution in [-0.2, 0) is 10.2 Å². The molecule has 3 N–H and O–H groups in total. The number of rotatable bonds is 5. The summed E-state index contributed by atoms with van der Waals surface area (Å²) < 4.78 is 5.74. The van der Waals surface area contributed by atoms with Gasteiger partial charge in [-0.3, -0.25) is 4.79 Å². The zero-order valence-corrected chi connectivity index (χ0v) is 13.4. The van der Waals surface area contributed by atoms with Crippen molar-refractivity contribution in [3.05, 3.63) is 29.8 Å². The van der Waals surface area contributed by atoms with Crippen LogP contribution in [0, 0.1) is 0 Å². The number of ether oxygens (including phenoxy) is 1. The number of hydrogen-bond acceptors (Lipinski definition) is 3. The molecule has 5 heteroatoms. The van der Waals surface area contributed by atoms with Crippen LogP contribution in [0.3, 0.4) is 0 Å². The summed E-state index contributed by atoms with van der Waals surface area (Å²) in [5.41, 5.74) is 6.65. The highest BCUT2D eigenvalue weighted by atomic mass is 35.5. The van der Waals surface area contributed by atoms with E-state index in [9.17, 15) is 4.79 Å². The maximum Gasteiger partial charge on any atom is 0.236 e. The quantitative estimate of drug-likeness (QED) is 0.820. The van der Waals surface area contributed by atoms with E-state index in [-0.39, 0.29) is 23.7 Å². The van der Waals surface area contributed by atoms with Crippen molar-refractivity contribution in [3.8, 4) is 5.75 Å². The lowest BCUT2D eigenvalue weighted by molar-refractivity contribution is -0.122. The van der Waals surface area contributed by atoms with Gasteiger partial charge in [-0.05, 0) is 24.0 Å². The summed E-state index contributed by atoms with van der Waals surface area (Å²) >= 11 is 0. The number of hydrogen-bond donors (Lipinski definition) is 2. The lowest BCUT2D eigenvalue weighted by Crippen LogP contribution is -2.40. The summed E-state index contributed by atoms with van der Waals surface area (Å²) in [5.74, 6) is 0.706. The second-order valence-corrected chi connectivity index (χ2v) is 5.67. The van der Waals surface area contributed by atoms with Crippen molar-refractivity contribution in [2.24, 2.45) is 5.73 Å². The van der Waals surface area contributed by atoms with Gasteiger partial charge in [0.25, 0.3) is 0 Å². The average molecular weight is 301 g/mol. The van der Waals surface area contributed by atoms with Crippen LogP contribution in [0.1, 0.15) is 33.3 Å². The Morgan fingerprint density at radius 2 is 1.95 bits per heavy atom.